The van der Waals surface area contributed by atoms with Crippen LogP contribution in [0.3, 0.4) is 0 Å². The summed E-state index contributed by atoms with van der Waals surface area (Å²) >= 11 is 0. The molecule has 0 heterocycles. The molecule has 0 aromatic rings. The molecule has 2 aliphatic carbocycles. The van der Waals surface area contributed by atoms with E-state index in [-0.39, 0.29) is 24.4 Å². The van der Waals surface area contributed by atoms with E-state index in [4.69, 9.17) is 15.3 Å². The Morgan fingerprint density at radius 2 is 1.90 bits per heavy atom. The SMILES string of the molecule is CCC(CC(C)CO)C(=O)O.O=C(O)C1CC2C=CC1C2. The summed E-state index contributed by atoms with van der Waals surface area (Å²) in [5.41, 5.74) is 0. The third-order valence-electron chi connectivity index (χ3n) is 4.44. The minimum Gasteiger partial charge on any atom is -0.481 e. The maximum atomic E-state index is 10.6. The summed E-state index contributed by atoms with van der Waals surface area (Å²) < 4.78 is 0. The Labute approximate surface area is 125 Å². The van der Waals surface area contributed by atoms with Crippen molar-refractivity contribution in [2.75, 3.05) is 6.61 Å². The molecule has 0 aromatic carbocycles. The smallest absolute Gasteiger partial charge is 0.307 e. The molecule has 120 valence electrons. The summed E-state index contributed by atoms with van der Waals surface area (Å²) in [6.45, 7) is 3.78. The Hall–Kier alpha value is -1.36. The highest BCUT2D eigenvalue weighted by Crippen LogP contribution is 2.43. The number of hydrogen-bond acceptors (Lipinski definition) is 3. The quantitative estimate of drug-likeness (QED) is 0.654. The standard InChI is InChI=1S/C8H16O3.C8H10O2/c1-3-7(8(10)11)4-6(2)5-9;9-8(10)7-4-5-1-2-6(7)3-5/h6-7,9H,3-5H2,1-2H3,(H,10,11);1-2,5-7H,3-4H2,(H,9,10). The van der Waals surface area contributed by atoms with Gasteiger partial charge in [-0.25, -0.2) is 0 Å². The number of hydrogen-bond donors (Lipinski definition) is 3. The van der Waals surface area contributed by atoms with Crippen LogP contribution in [0, 0.1) is 29.6 Å². The van der Waals surface area contributed by atoms with Crippen molar-refractivity contribution in [1.82, 2.24) is 0 Å². The van der Waals surface area contributed by atoms with Crippen LogP contribution in [0.5, 0.6) is 0 Å². The summed E-state index contributed by atoms with van der Waals surface area (Å²) in [7, 11) is 0. The molecule has 2 rings (SSSR count). The maximum absolute atomic E-state index is 10.6. The number of rotatable bonds is 6. The van der Waals surface area contributed by atoms with Crippen molar-refractivity contribution in [3.05, 3.63) is 12.2 Å². The van der Waals surface area contributed by atoms with Crippen LogP contribution >= 0.6 is 0 Å². The molecule has 5 nitrogen and oxygen atoms in total. The Bertz CT molecular complexity index is 390. The van der Waals surface area contributed by atoms with Crippen LogP contribution in [0.4, 0.5) is 0 Å². The van der Waals surface area contributed by atoms with Crippen molar-refractivity contribution in [1.29, 1.82) is 0 Å². The predicted octanol–water partition coefficient (Wildman–Crippen LogP) is 2.40. The first-order valence-electron chi connectivity index (χ1n) is 7.63. The van der Waals surface area contributed by atoms with Crippen molar-refractivity contribution in [3.63, 3.8) is 0 Å². The third-order valence-corrected chi connectivity index (χ3v) is 4.44. The lowest BCUT2D eigenvalue weighted by atomic mass is 9.94. The number of aliphatic carboxylic acids is 2. The molecule has 5 heteroatoms. The number of allylic oxidation sites excluding steroid dienone is 2. The number of aliphatic hydroxyl groups is 1. The highest BCUT2D eigenvalue weighted by atomic mass is 16.4. The van der Waals surface area contributed by atoms with Crippen LogP contribution in [0.1, 0.15) is 39.5 Å². The molecule has 2 bridgehead atoms. The maximum Gasteiger partial charge on any atom is 0.307 e. The highest BCUT2D eigenvalue weighted by molar-refractivity contribution is 5.71. The molecular weight excluding hydrogens is 272 g/mol. The van der Waals surface area contributed by atoms with Crippen LogP contribution in [0.15, 0.2) is 12.2 Å². The van der Waals surface area contributed by atoms with E-state index in [9.17, 15) is 9.59 Å². The molecule has 5 atom stereocenters. The zero-order valence-corrected chi connectivity index (χ0v) is 12.7. The van der Waals surface area contributed by atoms with Gasteiger partial charge in [0.2, 0.25) is 0 Å². The zero-order valence-electron chi connectivity index (χ0n) is 12.7. The van der Waals surface area contributed by atoms with Gasteiger partial charge >= 0.3 is 11.9 Å². The van der Waals surface area contributed by atoms with E-state index in [2.05, 4.69) is 12.2 Å². The van der Waals surface area contributed by atoms with Crippen LogP contribution in [0.25, 0.3) is 0 Å². The summed E-state index contributed by atoms with van der Waals surface area (Å²) in [4.78, 5) is 21.1. The van der Waals surface area contributed by atoms with Gasteiger partial charge < -0.3 is 15.3 Å². The van der Waals surface area contributed by atoms with Crippen LogP contribution < -0.4 is 0 Å². The number of carboxylic acid groups (broad SMARTS) is 2. The molecule has 0 radical (unpaired) electrons. The van der Waals surface area contributed by atoms with Crippen molar-refractivity contribution in [2.45, 2.75) is 39.5 Å². The number of fused-ring (bicyclic) bond motifs is 2. The Kier molecular flexibility index (Phi) is 6.89. The van der Waals surface area contributed by atoms with E-state index in [0.29, 0.717) is 24.7 Å². The summed E-state index contributed by atoms with van der Waals surface area (Å²) in [5, 5.41) is 26.0. The predicted molar refractivity (Wildman–Crippen MR) is 78.8 cm³/mol. The van der Waals surface area contributed by atoms with Gasteiger partial charge in [0.25, 0.3) is 0 Å². The Balaban J connectivity index is 0.000000210. The number of aliphatic hydroxyl groups excluding tert-OH is 1. The molecule has 0 aliphatic heterocycles. The summed E-state index contributed by atoms with van der Waals surface area (Å²) in [6.07, 6.45) is 7.38. The first kappa shape index (κ1) is 17.7. The number of carboxylic acids is 2. The second-order valence-electron chi connectivity index (χ2n) is 6.19. The summed E-state index contributed by atoms with van der Waals surface area (Å²) in [5.74, 6) is -0.721. The van der Waals surface area contributed by atoms with Gasteiger partial charge in [-0.2, -0.15) is 0 Å². The molecule has 5 unspecified atom stereocenters. The summed E-state index contributed by atoms with van der Waals surface area (Å²) in [6, 6.07) is 0. The van der Waals surface area contributed by atoms with Crippen molar-refractivity contribution in [2.24, 2.45) is 29.6 Å². The first-order chi connectivity index (χ1) is 9.88. The zero-order chi connectivity index (χ0) is 16.0. The van der Waals surface area contributed by atoms with E-state index in [1.165, 1.54) is 0 Å². The Morgan fingerprint density at radius 3 is 2.19 bits per heavy atom. The molecule has 3 N–H and O–H groups in total. The lowest BCUT2D eigenvalue weighted by Crippen LogP contribution is -2.17. The minimum atomic E-state index is -0.757. The fourth-order valence-corrected chi connectivity index (χ4v) is 3.07. The highest BCUT2D eigenvalue weighted by Gasteiger charge is 2.39. The molecule has 21 heavy (non-hydrogen) atoms. The van der Waals surface area contributed by atoms with E-state index in [1.54, 1.807) is 0 Å². The second kappa shape index (κ2) is 8.17. The van der Waals surface area contributed by atoms with E-state index in [0.717, 1.165) is 12.8 Å². The van der Waals surface area contributed by atoms with E-state index >= 15 is 0 Å². The molecule has 1 fully saturated rings. The van der Waals surface area contributed by atoms with Crippen molar-refractivity contribution in [3.8, 4) is 0 Å². The van der Waals surface area contributed by atoms with Crippen molar-refractivity contribution < 1.29 is 24.9 Å². The van der Waals surface area contributed by atoms with Crippen LogP contribution in [-0.4, -0.2) is 33.9 Å². The van der Waals surface area contributed by atoms with Gasteiger partial charge in [-0.05, 0) is 43.4 Å². The fourth-order valence-electron chi connectivity index (χ4n) is 3.07. The lowest BCUT2D eigenvalue weighted by molar-refractivity contribution is -0.143. The minimum absolute atomic E-state index is 0.0732. The average Bonchev–Trinajstić information content (AvgIpc) is 3.07. The van der Waals surface area contributed by atoms with Gasteiger partial charge in [-0.15, -0.1) is 0 Å². The Morgan fingerprint density at radius 1 is 1.24 bits per heavy atom. The molecule has 0 spiro atoms. The normalized spacial score (nSPS) is 28.6. The van der Waals surface area contributed by atoms with Gasteiger partial charge in [0.05, 0.1) is 11.8 Å². The van der Waals surface area contributed by atoms with E-state index in [1.807, 2.05) is 13.8 Å². The lowest BCUT2D eigenvalue weighted by Gasteiger charge is -2.13. The molecule has 0 aromatic heterocycles. The fraction of sp³-hybridized carbons (Fsp3) is 0.750. The first-order valence-corrected chi connectivity index (χ1v) is 7.63. The second-order valence-corrected chi connectivity index (χ2v) is 6.19. The monoisotopic (exact) mass is 298 g/mol. The third kappa shape index (κ3) is 5.16. The van der Waals surface area contributed by atoms with Gasteiger partial charge in [0.1, 0.15) is 0 Å². The number of carbonyl (C=O) groups is 2. The van der Waals surface area contributed by atoms with E-state index < -0.39 is 11.9 Å². The van der Waals surface area contributed by atoms with Gasteiger partial charge in [-0.3, -0.25) is 9.59 Å². The van der Waals surface area contributed by atoms with Crippen LogP contribution in [0.2, 0.25) is 0 Å². The van der Waals surface area contributed by atoms with Crippen LogP contribution in [-0.2, 0) is 9.59 Å². The average molecular weight is 298 g/mol. The molecule has 0 saturated heterocycles. The van der Waals surface area contributed by atoms with Gasteiger partial charge in [-0.1, -0.05) is 26.0 Å². The molecule has 1 saturated carbocycles. The van der Waals surface area contributed by atoms with Crippen molar-refractivity contribution >= 4 is 11.9 Å². The van der Waals surface area contributed by atoms with Gasteiger partial charge in [0.15, 0.2) is 0 Å². The molecule has 2 aliphatic rings. The van der Waals surface area contributed by atoms with Gasteiger partial charge in [0, 0.05) is 6.61 Å². The molecule has 0 amide bonds. The molecular formula is C16H26O5. The topological polar surface area (TPSA) is 94.8 Å². The largest absolute Gasteiger partial charge is 0.481 e.